The second kappa shape index (κ2) is 4.94. The molecule has 1 aromatic heterocycles. The molecule has 15 heavy (non-hydrogen) atoms. The predicted octanol–water partition coefficient (Wildman–Crippen LogP) is 0.503. The van der Waals surface area contributed by atoms with Crippen molar-refractivity contribution in [3.05, 3.63) is 18.3 Å². The lowest BCUT2D eigenvalue weighted by atomic mass is 10.4. The van der Waals surface area contributed by atoms with E-state index in [4.69, 9.17) is 9.84 Å². The number of carboxylic acid groups (broad SMARTS) is 1. The minimum atomic E-state index is -1.06. The number of rotatable bonds is 4. The third-order valence-corrected chi connectivity index (χ3v) is 1.40. The summed E-state index contributed by atoms with van der Waals surface area (Å²) in [5.41, 5.74) is 0. The minimum Gasteiger partial charge on any atom is -0.482 e. The standard InChI is InChI=1S/C9H10N2O4/c1-6(12)11-8-4-7(2-3-10-8)15-5-9(13)14/h2-4H,5H2,1H3,(H,13,14)(H,10,11,12). The number of carboxylic acids is 1. The number of amides is 1. The summed E-state index contributed by atoms with van der Waals surface area (Å²) in [4.78, 5) is 24.8. The van der Waals surface area contributed by atoms with Crippen LogP contribution in [0.5, 0.6) is 5.75 Å². The highest BCUT2D eigenvalue weighted by Crippen LogP contribution is 2.14. The highest BCUT2D eigenvalue weighted by atomic mass is 16.5. The topological polar surface area (TPSA) is 88.5 Å². The Morgan fingerprint density at radius 2 is 2.33 bits per heavy atom. The first-order chi connectivity index (χ1) is 7.08. The molecule has 0 fully saturated rings. The van der Waals surface area contributed by atoms with E-state index in [0.29, 0.717) is 11.6 Å². The summed E-state index contributed by atoms with van der Waals surface area (Å²) >= 11 is 0. The van der Waals surface area contributed by atoms with Crippen molar-refractivity contribution in [1.29, 1.82) is 0 Å². The Morgan fingerprint density at radius 1 is 1.60 bits per heavy atom. The summed E-state index contributed by atoms with van der Waals surface area (Å²) in [6.45, 7) is 0.927. The fraction of sp³-hybridized carbons (Fsp3) is 0.222. The van der Waals surface area contributed by atoms with Crippen LogP contribution < -0.4 is 10.1 Å². The zero-order valence-electron chi connectivity index (χ0n) is 8.06. The number of pyridine rings is 1. The molecule has 0 radical (unpaired) electrons. The lowest BCUT2D eigenvalue weighted by Crippen LogP contribution is -2.10. The van der Waals surface area contributed by atoms with E-state index in [-0.39, 0.29) is 5.91 Å². The van der Waals surface area contributed by atoms with E-state index in [2.05, 4.69) is 10.3 Å². The third kappa shape index (κ3) is 4.08. The number of carbonyl (C=O) groups is 2. The summed E-state index contributed by atoms with van der Waals surface area (Å²) < 4.78 is 4.90. The van der Waals surface area contributed by atoms with Crippen LogP contribution in [0.25, 0.3) is 0 Å². The number of aliphatic carboxylic acids is 1. The zero-order valence-corrected chi connectivity index (χ0v) is 8.06. The molecule has 0 aromatic carbocycles. The lowest BCUT2D eigenvalue weighted by molar-refractivity contribution is -0.139. The first-order valence-corrected chi connectivity index (χ1v) is 4.16. The highest BCUT2D eigenvalue weighted by molar-refractivity contribution is 5.87. The molecule has 0 aliphatic carbocycles. The van der Waals surface area contributed by atoms with Crippen LogP contribution in [0.2, 0.25) is 0 Å². The van der Waals surface area contributed by atoms with Gasteiger partial charge in [0.05, 0.1) is 0 Å². The number of carbonyl (C=O) groups excluding carboxylic acids is 1. The molecule has 0 atom stereocenters. The first kappa shape index (κ1) is 11.0. The molecular formula is C9H10N2O4. The van der Waals surface area contributed by atoms with Crippen molar-refractivity contribution in [3.63, 3.8) is 0 Å². The highest BCUT2D eigenvalue weighted by Gasteiger charge is 2.02. The molecule has 0 bridgehead atoms. The minimum absolute atomic E-state index is 0.252. The molecular weight excluding hydrogens is 200 g/mol. The number of aromatic nitrogens is 1. The number of nitrogens with zero attached hydrogens (tertiary/aromatic N) is 1. The van der Waals surface area contributed by atoms with Crippen molar-refractivity contribution in [1.82, 2.24) is 4.98 Å². The van der Waals surface area contributed by atoms with Gasteiger partial charge in [0.1, 0.15) is 11.6 Å². The fourth-order valence-corrected chi connectivity index (χ4v) is 0.895. The van der Waals surface area contributed by atoms with Gasteiger partial charge in [-0.3, -0.25) is 4.79 Å². The number of ether oxygens (including phenoxy) is 1. The van der Waals surface area contributed by atoms with Gasteiger partial charge >= 0.3 is 5.97 Å². The van der Waals surface area contributed by atoms with E-state index >= 15 is 0 Å². The summed E-state index contributed by atoms with van der Waals surface area (Å²) in [7, 11) is 0. The first-order valence-electron chi connectivity index (χ1n) is 4.16. The molecule has 6 nitrogen and oxygen atoms in total. The second-order valence-electron chi connectivity index (χ2n) is 2.74. The van der Waals surface area contributed by atoms with E-state index in [0.717, 1.165) is 0 Å². The van der Waals surface area contributed by atoms with Crippen LogP contribution in [-0.4, -0.2) is 28.6 Å². The van der Waals surface area contributed by atoms with Gasteiger partial charge < -0.3 is 15.2 Å². The maximum absolute atomic E-state index is 10.7. The predicted molar refractivity (Wildman–Crippen MR) is 51.7 cm³/mol. The molecule has 1 amide bonds. The van der Waals surface area contributed by atoms with Gasteiger partial charge in [0, 0.05) is 19.2 Å². The molecule has 0 saturated carbocycles. The summed E-state index contributed by atoms with van der Waals surface area (Å²) in [5, 5.41) is 10.8. The van der Waals surface area contributed by atoms with E-state index in [1.54, 1.807) is 0 Å². The molecule has 1 rings (SSSR count). The van der Waals surface area contributed by atoms with E-state index in [1.807, 2.05) is 0 Å². The van der Waals surface area contributed by atoms with Crippen LogP contribution >= 0.6 is 0 Å². The van der Waals surface area contributed by atoms with Gasteiger partial charge in [0.2, 0.25) is 5.91 Å². The van der Waals surface area contributed by atoms with Crippen molar-refractivity contribution in [2.24, 2.45) is 0 Å². The van der Waals surface area contributed by atoms with Crippen LogP contribution in [0.3, 0.4) is 0 Å². The summed E-state index contributed by atoms with van der Waals surface area (Å²) in [6.07, 6.45) is 1.42. The van der Waals surface area contributed by atoms with Crippen LogP contribution in [0.15, 0.2) is 18.3 Å². The lowest BCUT2D eigenvalue weighted by Gasteiger charge is -2.05. The molecule has 1 heterocycles. The third-order valence-electron chi connectivity index (χ3n) is 1.40. The van der Waals surface area contributed by atoms with Gasteiger partial charge in [-0.2, -0.15) is 0 Å². The number of anilines is 1. The van der Waals surface area contributed by atoms with E-state index in [9.17, 15) is 9.59 Å². The Balaban J connectivity index is 2.65. The number of hydrogen-bond acceptors (Lipinski definition) is 4. The Hall–Kier alpha value is -2.11. The number of hydrogen-bond donors (Lipinski definition) is 2. The van der Waals surface area contributed by atoms with Crippen molar-refractivity contribution in [3.8, 4) is 5.75 Å². The number of nitrogens with one attached hydrogen (secondary N) is 1. The van der Waals surface area contributed by atoms with Gasteiger partial charge in [-0.05, 0) is 6.07 Å². The van der Waals surface area contributed by atoms with Crippen LogP contribution in [-0.2, 0) is 9.59 Å². The monoisotopic (exact) mass is 210 g/mol. The molecule has 2 N–H and O–H groups in total. The average Bonchev–Trinajstić information content (AvgIpc) is 2.14. The largest absolute Gasteiger partial charge is 0.482 e. The normalized spacial score (nSPS) is 9.40. The van der Waals surface area contributed by atoms with Crippen LogP contribution in [0, 0.1) is 0 Å². The quantitative estimate of drug-likeness (QED) is 0.755. The Kier molecular flexibility index (Phi) is 3.61. The van der Waals surface area contributed by atoms with Gasteiger partial charge in [-0.15, -0.1) is 0 Å². The molecule has 0 saturated heterocycles. The smallest absolute Gasteiger partial charge is 0.341 e. The van der Waals surface area contributed by atoms with Crippen LogP contribution in [0.4, 0.5) is 5.82 Å². The molecule has 0 aliphatic rings. The van der Waals surface area contributed by atoms with Crippen molar-refractivity contribution >= 4 is 17.7 Å². The van der Waals surface area contributed by atoms with Gasteiger partial charge in [0.25, 0.3) is 0 Å². The molecule has 0 aliphatic heterocycles. The molecule has 1 aromatic rings. The van der Waals surface area contributed by atoms with E-state index in [1.165, 1.54) is 25.3 Å². The van der Waals surface area contributed by atoms with Crippen molar-refractivity contribution in [2.75, 3.05) is 11.9 Å². The maximum atomic E-state index is 10.7. The molecule has 0 unspecified atom stereocenters. The Labute approximate surface area is 85.9 Å². The molecule has 6 heteroatoms. The zero-order chi connectivity index (χ0) is 11.3. The van der Waals surface area contributed by atoms with Crippen molar-refractivity contribution in [2.45, 2.75) is 6.92 Å². The molecule has 80 valence electrons. The second-order valence-corrected chi connectivity index (χ2v) is 2.74. The van der Waals surface area contributed by atoms with Gasteiger partial charge in [-0.25, -0.2) is 9.78 Å². The summed E-state index contributed by atoms with van der Waals surface area (Å²) in [6, 6.07) is 2.96. The maximum Gasteiger partial charge on any atom is 0.341 e. The SMILES string of the molecule is CC(=O)Nc1cc(OCC(=O)O)ccn1. The average molecular weight is 210 g/mol. The summed E-state index contributed by atoms with van der Waals surface area (Å²) in [5.74, 6) is -0.646. The van der Waals surface area contributed by atoms with Crippen molar-refractivity contribution < 1.29 is 19.4 Å². The fourth-order valence-electron chi connectivity index (χ4n) is 0.895. The van der Waals surface area contributed by atoms with Gasteiger partial charge in [-0.1, -0.05) is 0 Å². The van der Waals surface area contributed by atoms with E-state index < -0.39 is 12.6 Å². The Morgan fingerprint density at radius 3 is 2.93 bits per heavy atom. The van der Waals surface area contributed by atoms with Gasteiger partial charge in [0.15, 0.2) is 6.61 Å². The molecule has 0 spiro atoms. The Bertz CT molecular complexity index is 378. The van der Waals surface area contributed by atoms with Crippen LogP contribution in [0.1, 0.15) is 6.92 Å².